The minimum absolute atomic E-state index is 0.00284. The van der Waals surface area contributed by atoms with Gasteiger partial charge in [0, 0.05) is 36.1 Å². The number of nitrogens with one attached hydrogen (secondary N) is 3. The van der Waals surface area contributed by atoms with Gasteiger partial charge in [-0.2, -0.15) is 10.2 Å². The second-order valence-corrected chi connectivity index (χ2v) is 42.6. The predicted octanol–water partition coefficient (Wildman–Crippen LogP) is 19.4. The monoisotopic (exact) mass is 1520 g/mol. The van der Waals surface area contributed by atoms with Gasteiger partial charge < -0.3 is 28.6 Å². The number of halogens is 2. The molecule has 0 saturated heterocycles. The Morgan fingerprint density at radius 3 is 1.18 bits per heavy atom. The van der Waals surface area contributed by atoms with Crippen molar-refractivity contribution in [3.05, 3.63) is 299 Å². The molecular formula is C90H96F2N12O5Si2. The summed E-state index contributed by atoms with van der Waals surface area (Å²) >= 11 is 0. The molecule has 0 unspecified atom stereocenters. The lowest BCUT2D eigenvalue weighted by molar-refractivity contribution is -0.117. The molecule has 0 radical (unpaired) electrons. The van der Waals surface area contributed by atoms with Gasteiger partial charge in [0.2, 0.25) is 0 Å². The fourth-order valence-electron chi connectivity index (χ4n) is 13.9. The van der Waals surface area contributed by atoms with E-state index in [1.54, 1.807) is 29.2 Å². The van der Waals surface area contributed by atoms with Crippen LogP contribution in [0.1, 0.15) is 137 Å². The Labute approximate surface area is 649 Å². The molecular weight excluding hydrogens is 1420 g/mol. The van der Waals surface area contributed by atoms with Gasteiger partial charge in [0.25, 0.3) is 11.8 Å². The van der Waals surface area contributed by atoms with Crippen LogP contribution in [0.15, 0.2) is 243 Å². The summed E-state index contributed by atoms with van der Waals surface area (Å²) in [5.74, 6) is -1.43. The van der Waals surface area contributed by atoms with Crippen LogP contribution in [-0.4, -0.2) is 108 Å². The molecule has 0 fully saturated rings. The molecule has 0 aliphatic rings. The van der Waals surface area contributed by atoms with E-state index >= 15 is 0 Å². The molecule has 0 bridgehead atoms. The number of Topliss-reactive ketones (excluding diaryl/α,β-unsaturated/α-hetero) is 1. The number of hydrogen-bond donors (Lipinski definition) is 3. The normalized spacial score (nSPS) is 12.7. The Bertz CT molecular complexity index is 5510. The second-order valence-electron chi connectivity index (χ2n) is 33.0. The fraction of sp³-hybridized carbons (Fsp3) is 0.278. The van der Waals surface area contributed by atoms with Gasteiger partial charge in [0.05, 0.1) is 58.8 Å². The first-order chi connectivity index (χ1) is 52.7. The molecule has 21 heteroatoms. The Morgan fingerprint density at radius 1 is 0.468 bits per heavy atom. The van der Waals surface area contributed by atoms with E-state index in [1.807, 2.05) is 149 Å². The van der Waals surface area contributed by atoms with Crippen molar-refractivity contribution in [2.75, 3.05) is 13.2 Å². The summed E-state index contributed by atoms with van der Waals surface area (Å²) in [5, 5.41) is 20.2. The molecule has 14 rings (SSSR count). The highest BCUT2D eigenvalue weighted by Gasteiger charge is 2.45. The zero-order valence-corrected chi connectivity index (χ0v) is 67.7. The fourth-order valence-corrected chi connectivity index (χ4v) is 16.2. The van der Waals surface area contributed by atoms with Crippen molar-refractivity contribution in [3.8, 4) is 22.8 Å². The Balaban J connectivity index is 0.000000195. The standard InChI is InChI=1S/C47H51FN6O3Si.C43H45FN6O2Si/c1-32(55)26-27-54-40-28-36(48)24-25-37(40)41(52-54)39-29-49-43-42(50-39)38(44(56)51-46(5,6)31-57-58(7,8)45(2,3)4)30-53(43)47(33-18-12-9-13-19-33,34-20-14-10-15-21-34)35-22-16-11-17-23-35;1-41(2,3)53(6,7)52-28-42(4,5)47-40(51)34-27-50(39-38(34)46-36(26-45-39)37-33-24-23-32(44)25-35(33)48-49-37)43(29-17-11-8-12-18-29,30-19-13-9-14-20-30)31-21-15-10-16-22-31/h9-25,28-30H,26-27,31H2,1-8H3,(H,51,56);8-27H,28H2,1-7H3,(H,47,51)(H,48,49). The number of carbonyl (C=O) groups excluding carboxylic acids is 3. The van der Waals surface area contributed by atoms with Gasteiger partial charge in [-0.15, -0.1) is 0 Å². The highest BCUT2D eigenvalue weighted by molar-refractivity contribution is 6.74. The van der Waals surface area contributed by atoms with E-state index in [9.17, 15) is 23.2 Å². The Morgan fingerprint density at radius 2 is 0.820 bits per heavy atom. The number of aromatic nitrogens is 10. The number of aromatic amines is 1. The third-order valence-electron chi connectivity index (χ3n) is 21.9. The van der Waals surface area contributed by atoms with E-state index < -0.39 is 44.6 Å². The van der Waals surface area contributed by atoms with Crippen molar-refractivity contribution in [2.45, 2.75) is 148 Å². The van der Waals surface area contributed by atoms with Crippen LogP contribution in [-0.2, 0) is 31.3 Å². The second kappa shape index (κ2) is 30.6. The zero-order chi connectivity index (χ0) is 79.1. The first kappa shape index (κ1) is 77.9. The van der Waals surface area contributed by atoms with E-state index in [0.717, 1.165) is 33.4 Å². The van der Waals surface area contributed by atoms with Gasteiger partial charge in [-0.1, -0.05) is 224 Å². The summed E-state index contributed by atoms with van der Waals surface area (Å²) in [4.78, 5) is 62.1. The number of aryl methyl sites for hydroxylation is 1. The van der Waals surface area contributed by atoms with Gasteiger partial charge in [0.15, 0.2) is 27.9 Å². The number of ketones is 1. The number of benzene rings is 8. The summed E-state index contributed by atoms with van der Waals surface area (Å²) in [6.07, 6.45) is 7.30. The molecule has 14 aromatic rings. The first-order valence-electron chi connectivity index (χ1n) is 37.6. The number of carbonyl (C=O) groups is 3. The van der Waals surface area contributed by atoms with Gasteiger partial charge in [-0.05, 0) is 141 Å². The molecule has 0 atom stereocenters. The molecule has 2 amide bonds. The number of nitrogens with zero attached hydrogens (tertiary/aromatic N) is 9. The molecule has 3 N–H and O–H groups in total. The van der Waals surface area contributed by atoms with E-state index in [2.05, 4.69) is 170 Å². The van der Waals surface area contributed by atoms with E-state index in [4.69, 9.17) is 33.9 Å². The van der Waals surface area contributed by atoms with Crippen LogP contribution >= 0.6 is 0 Å². The predicted molar refractivity (Wildman–Crippen MR) is 443 cm³/mol. The van der Waals surface area contributed by atoms with Gasteiger partial charge in [-0.3, -0.25) is 24.2 Å². The number of amides is 2. The average Bonchev–Trinajstić information content (AvgIpc) is 1.64. The van der Waals surface area contributed by atoms with Crippen LogP contribution in [0.5, 0.6) is 0 Å². The lowest BCUT2D eigenvalue weighted by atomic mass is 9.76. The van der Waals surface area contributed by atoms with Crippen LogP contribution in [0, 0.1) is 11.6 Å². The molecule has 0 aliphatic carbocycles. The number of hydrogen-bond acceptors (Lipinski definition) is 11. The maximum atomic E-state index is 14.9. The number of rotatable bonds is 23. The molecule has 0 spiro atoms. The first-order valence-corrected chi connectivity index (χ1v) is 43.4. The quantitative estimate of drug-likeness (QED) is 0.0406. The van der Waals surface area contributed by atoms with Gasteiger partial charge in [-0.25, -0.2) is 28.7 Å². The summed E-state index contributed by atoms with van der Waals surface area (Å²) in [5.41, 5.74) is 7.80. The summed E-state index contributed by atoms with van der Waals surface area (Å²) in [6.45, 7) is 32.4. The van der Waals surface area contributed by atoms with E-state index in [0.29, 0.717) is 91.2 Å². The number of fused-ring (bicyclic) bond motifs is 4. The third kappa shape index (κ3) is 15.4. The number of H-pyrrole nitrogens is 1. The molecule has 17 nitrogen and oxygen atoms in total. The van der Waals surface area contributed by atoms with Crippen molar-refractivity contribution in [1.29, 1.82) is 0 Å². The Kier molecular flexibility index (Phi) is 21.4. The molecule has 8 aromatic carbocycles. The van der Waals surface area contributed by atoms with Crippen molar-refractivity contribution in [3.63, 3.8) is 0 Å². The summed E-state index contributed by atoms with van der Waals surface area (Å²) < 4.78 is 47.7. The average molecular weight is 1520 g/mol. The molecule has 568 valence electrons. The van der Waals surface area contributed by atoms with Gasteiger partial charge in [0.1, 0.15) is 62.3 Å². The maximum Gasteiger partial charge on any atom is 0.255 e. The molecule has 111 heavy (non-hydrogen) atoms. The van der Waals surface area contributed by atoms with Crippen LogP contribution in [0.25, 0.3) is 66.9 Å². The van der Waals surface area contributed by atoms with Gasteiger partial charge >= 0.3 is 0 Å². The summed E-state index contributed by atoms with van der Waals surface area (Å²) in [7, 11) is -4.23. The van der Waals surface area contributed by atoms with Crippen molar-refractivity contribution >= 4 is 78.4 Å². The topological polar surface area (TPSA) is 202 Å². The smallest absolute Gasteiger partial charge is 0.255 e. The SMILES string of the molecule is CC(=O)CCn1nc(-c2cnc3c(n2)c(C(=O)NC(C)(C)CO[Si](C)(C)C(C)(C)C)cn3C(c2ccccc2)(c2ccccc2)c2ccccc2)c2ccc(F)cc21.CC(C)(CO[Si](C)(C)C(C)(C)C)NC(=O)c1cn(C(c2ccccc2)(c2ccccc2)c2ccccc2)c2ncc(-c3n[nH]c4cc(F)ccc34)nc12. The minimum Gasteiger partial charge on any atom is -0.414 e. The summed E-state index contributed by atoms with van der Waals surface area (Å²) in [6, 6.07) is 70.3. The van der Waals surface area contributed by atoms with Crippen molar-refractivity contribution in [2.24, 2.45) is 0 Å². The zero-order valence-electron chi connectivity index (χ0n) is 65.7. The van der Waals surface area contributed by atoms with E-state index in [1.165, 1.54) is 31.2 Å². The molecule has 0 saturated carbocycles. The molecule has 6 aromatic heterocycles. The van der Waals surface area contributed by atoms with Crippen LogP contribution in [0.4, 0.5) is 8.78 Å². The van der Waals surface area contributed by atoms with Crippen LogP contribution in [0.3, 0.4) is 0 Å². The maximum absolute atomic E-state index is 14.9. The van der Waals surface area contributed by atoms with Crippen LogP contribution in [0.2, 0.25) is 36.3 Å². The van der Waals surface area contributed by atoms with Crippen LogP contribution < -0.4 is 10.6 Å². The Hall–Kier alpha value is -11.2. The molecule has 0 aliphatic heterocycles. The highest BCUT2D eigenvalue weighted by Crippen LogP contribution is 2.47. The lowest BCUT2D eigenvalue weighted by Crippen LogP contribution is -2.51. The molecule has 6 heterocycles. The van der Waals surface area contributed by atoms with Crippen molar-refractivity contribution < 1.29 is 32.0 Å². The lowest BCUT2D eigenvalue weighted by Gasteiger charge is -2.39. The van der Waals surface area contributed by atoms with E-state index in [-0.39, 0.29) is 46.5 Å². The minimum atomic E-state index is -2.13. The largest absolute Gasteiger partial charge is 0.414 e. The van der Waals surface area contributed by atoms with Crippen molar-refractivity contribution in [1.82, 2.24) is 59.7 Å². The third-order valence-corrected chi connectivity index (χ3v) is 30.8. The highest BCUT2D eigenvalue weighted by atomic mass is 28.4.